The van der Waals surface area contributed by atoms with Crippen LogP contribution in [-0.4, -0.2) is 26.3 Å². The molecule has 0 aliphatic heterocycles. The standard InChI is InChI=1S/C20H34O4Si/c1-9-10-17(21)20-18(22)11-16(23-8)12-19(20)24-25(13(2)3,14(4)5)15(6)7/h11-15,22H,9-10H2,1-8H3. The van der Waals surface area contributed by atoms with Gasteiger partial charge in [0.25, 0.3) is 8.32 Å². The number of carbonyl (C=O) groups is 1. The van der Waals surface area contributed by atoms with E-state index in [-0.39, 0.29) is 11.5 Å². The molecular weight excluding hydrogens is 332 g/mol. The number of rotatable bonds is 9. The number of carbonyl (C=O) groups excluding carboxylic acids is 1. The number of ketones is 1. The number of hydrogen-bond donors (Lipinski definition) is 1. The fraction of sp³-hybridized carbons (Fsp3) is 0.650. The second-order valence-corrected chi connectivity index (χ2v) is 13.0. The van der Waals surface area contributed by atoms with Gasteiger partial charge in [-0.1, -0.05) is 48.5 Å². The van der Waals surface area contributed by atoms with Crippen LogP contribution < -0.4 is 9.16 Å². The number of Topliss-reactive ketones (excluding diaryl/α,β-unsaturated/α-hetero) is 1. The average Bonchev–Trinajstić information content (AvgIpc) is 2.50. The van der Waals surface area contributed by atoms with E-state index >= 15 is 0 Å². The zero-order valence-electron chi connectivity index (χ0n) is 17.0. The molecule has 0 fully saturated rings. The van der Waals surface area contributed by atoms with E-state index in [1.807, 2.05) is 6.92 Å². The van der Waals surface area contributed by atoms with Crippen LogP contribution in [0.2, 0.25) is 16.6 Å². The number of ether oxygens (including phenoxy) is 1. The lowest BCUT2D eigenvalue weighted by atomic mass is 10.0. The van der Waals surface area contributed by atoms with Gasteiger partial charge in [-0.3, -0.25) is 4.79 Å². The Hall–Kier alpha value is -1.49. The Morgan fingerprint density at radius 3 is 2.00 bits per heavy atom. The summed E-state index contributed by atoms with van der Waals surface area (Å²) in [6.07, 6.45) is 1.11. The molecule has 0 bridgehead atoms. The van der Waals surface area contributed by atoms with Gasteiger partial charge in [-0.2, -0.15) is 0 Å². The molecule has 0 atom stereocenters. The summed E-state index contributed by atoms with van der Waals surface area (Å²) < 4.78 is 12.0. The Labute approximate surface area is 153 Å². The largest absolute Gasteiger partial charge is 0.542 e. The molecule has 0 aliphatic carbocycles. The molecule has 0 aliphatic rings. The lowest BCUT2D eigenvalue weighted by Crippen LogP contribution is -2.51. The number of methoxy groups -OCH3 is 1. The van der Waals surface area contributed by atoms with Crippen LogP contribution in [0.25, 0.3) is 0 Å². The van der Waals surface area contributed by atoms with Crippen molar-refractivity contribution in [3.63, 3.8) is 0 Å². The van der Waals surface area contributed by atoms with E-state index in [1.54, 1.807) is 13.2 Å². The highest BCUT2D eigenvalue weighted by Crippen LogP contribution is 2.45. The quantitative estimate of drug-likeness (QED) is 0.434. The highest BCUT2D eigenvalue weighted by atomic mass is 28.4. The number of benzene rings is 1. The molecule has 0 unspecified atom stereocenters. The summed E-state index contributed by atoms with van der Waals surface area (Å²) in [7, 11) is -0.700. The minimum atomic E-state index is -2.25. The van der Waals surface area contributed by atoms with Gasteiger partial charge in [-0.15, -0.1) is 0 Å². The average molecular weight is 367 g/mol. The van der Waals surface area contributed by atoms with Gasteiger partial charge in [0.1, 0.15) is 22.8 Å². The number of hydrogen-bond acceptors (Lipinski definition) is 4. The molecule has 25 heavy (non-hydrogen) atoms. The molecule has 1 rings (SSSR count). The van der Waals surface area contributed by atoms with Crippen LogP contribution in [0, 0.1) is 0 Å². The summed E-state index contributed by atoms with van der Waals surface area (Å²) in [6.45, 7) is 15.1. The van der Waals surface area contributed by atoms with Gasteiger partial charge in [0, 0.05) is 18.6 Å². The highest BCUT2D eigenvalue weighted by molar-refractivity contribution is 6.78. The molecule has 0 spiro atoms. The summed E-state index contributed by atoms with van der Waals surface area (Å²) in [5.41, 5.74) is 1.40. The minimum Gasteiger partial charge on any atom is -0.542 e. The molecular formula is C20H34O4Si. The van der Waals surface area contributed by atoms with E-state index in [1.165, 1.54) is 6.07 Å². The van der Waals surface area contributed by atoms with Crippen molar-refractivity contribution in [3.8, 4) is 17.2 Å². The summed E-state index contributed by atoms with van der Waals surface area (Å²) >= 11 is 0. The lowest BCUT2D eigenvalue weighted by Gasteiger charge is -2.42. The van der Waals surface area contributed by atoms with E-state index in [2.05, 4.69) is 41.5 Å². The molecule has 0 amide bonds. The van der Waals surface area contributed by atoms with Gasteiger partial charge in [0.15, 0.2) is 5.78 Å². The second kappa shape index (κ2) is 8.74. The molecule has 5 heteroatoms. The summed E-state index contributed by atoms with van der Waals surface area (Å²) in [5, 5.41) is 10.4. The van der Waals surface area contributed by atoms with Crippen LogP contribution in [0.3, 0.4) is 0 Å². The van der Waals surface area contributed by atoms with Crippen molar-refractivity contribution >= 4 is 14.1 Å². The number of phenols is 1. The Kier molecular flexibility index (Phi) is 7.54. The van der Waals surface area contributed by atoms with Crippen LogP contribution >= 0.6 is 0 Å². The first kappa shape index (κ1) is 21.5. The molecule has 0 saturated heterocycles. The Balaban J connectivity index is 3.57. The first-order valence-corrected chi connectivity index (χ1v) is 11.4. The summed E-state index contributed by atoms with van der Waals surface area (Å²) in [4.78, 5) is 12.6. The van der Waals surface area contributed by atoms with Crippen LogP contribution in [0.1, 0.15) is 71.7 Å². The second-order valence-electron chi connectivity index (χ2n) is 7.61. The number of aromatic hydroxyl groups is 1. The fourth-order valence-electron chi connectivity index (χ4n) is 3.95. The van der Waals surface area contributed by atoms with E-state index in [0.29, 0.717) is 40.1 Å². The predicted molar refractivity (Wildman–Crippen MR) is 106 cm³/mol. The van der Waals surface area contributed by atoms with E-state index in [9.17, 15) is 9.90 Å². The molecule has 1 aromatic rings. The van der Waals surface area contributed by atoms with Crippen LogP contribution in [0.4, 0.5) is 0 Å². The molecule has 4 nitrogen and oxygen atoms in total. The summed E-state index contributed by atoms with van der Waals surface area (Å²) in [5.74, 6) is 0.821. The third-order valence-corrected chi connectivity index (χ3v) is 11.0. The van der Waals surface area contributed by atoms with Crippen molar-refractivity contribution in [2.24, 2.45) is 0 Å². The van der Waals surface area contributed by atoms with Crippen molar-refractivity contribution in [1.82, 2.24) is 0 Å². The topological polar surface area (TPSA) is 55.8 Å². The van der Waals surface area contributed by atoms with Crippen molar-refractivity contribution in [3.05, 3.63) is 17.7 Å². The molecule has 1 N–H and O–H groups in total. The first-order chi connectivity index (χ1) is 11.6. The molecule has 0 radical (unpaired) electrons. The first-order valence-electron chi connectivity index (χ1n) is 9.24. The third kappa shape index (κ3) is 4.38. The van der Waals surface area contributed by atoms with Crippen molar-refractivity contribution in [1.29, 1.82) is 0 Å². The monoisotopic (exact) mass is 366 g/mol. The van der Waals surface area contributed by atoms with E-state index in [0.717, 1.165) is 6.42 Å². The van der Waals surface area contributed by atoms with E-state index < -0.39 is 8.32 Å². The Bertz CT molecular complexity index is 572. The van der Waals surface area contributed by atoms with Gasteiger partial charge in [0.2, 0.25) is 0 Å². The van der Waals surface area contributed by atoms with Gasteiger partial charge < -0.3 is 14.3 Å². The molecule has 0 heterocycles. The Morgan fingerprint density at radius 2 is 1.60 bits per heavy atom. The number of phenolic OH excluding ortho intramolecular Hbond substituents is 1. The Morgan fingerprint density at radius 1 is 1.08 bits per heavy atom. The van der Waals surface area contributed by atoms with Gasteiger partial charge in [-0.05, 0) is 23.0 Å². The van der Waals surface area contributed by atoms with Crippen LogP contribution in [-0.2, 0) is 0 Å². The molecule has 142 valence electrons. The van der Waals surface area contributed by atoms with E-state index in [4.69, 9.17) is 9.16 Å². The molecule has 1 aromatic carbocycles. The third-order valence-electron chi connectivity index (χ3n) is 5.04. The smallest absolute Gasteiger partial charge is 0.258 e. The predicted octanol–water partition coefficient (Wildman–Crippen LogP) is 5.94. The van der Waals surface area contributed by atoms with Gasteiger partial charge in [0.05, 0.1) is 7.11 Å². The molecule has 0 saturated carbocycles. The fourth-order valence-corrected chi connectivity index (χ4v) is 9.20. The maximum absolute atomic E-state index is 12.6. The zero-order chi connectivity index (χ0) is 19.4. The minimum absolute atomic E-state index is 0.0630. The summed E-state index contributed by atoms with van der Waals surface area (Å²) in [6, 6.07) is 3.23. The van der Waals surface area contributed by atoms with Gasteiger partial charge >= 0.3 is 0 Å². The van der Waals surface area contributed by atoms with Gasteiger partial charge in [-0.25, -0.2) is 0 Å². The normalized spacial score (nSPS) is 12.1. The maximum Gasteiger partial charge on any atom is 0.258 e. The lowest BCUT2D eigenvalue weighted by molar-refractivity contribution is 0.0977. The highest BCUT2D eigenvalue weighted by Gasteiger charge is 2.47. The molecule has 0 aromatic heterocycles. The maximum atomic E-state index is 12.6. The van der Waals surface area contributed by atoms with Crippen molar-refractivity contribution < 1.29 is 19.1 Å². The zero-order valence-corrected chi connectivity index (χ0v) is 18.0. The van der Waals surface area contributed by atoms with Crippen LogP contribution in [0.5, 0.6) is 17.2 Å². The SMILES string of the molecule is CCCC(=O)c1c(O)cc(OC)cc1O[Si](C(C)C)(C(C)C)C(C)C. The van der Waals surface area contributed by atoms with Crippen LogP contribution in [0.15, 0.2) is 12.1 Å². The van der Waals surface area contributed by atoms with Crippen molar-refractivity contribution in [2.45, 2.75) is 77.9 Å². The van der Waals surface area contributed by atoms with Crippen molar-refractivity contribution in [2.75, 3.05) is 7.11 Å².